The van der Waals surface area contributed by atoms with Crippen LogP contribution in [0.1, 0.15) is 64.0 Å². The molecule has 27 heavy (non-hydrogen) atoms. The van der Waals surface area contributed by atoms with Crippen LogP contribution in [0.4, 0.5) is 0 Å². The molecule has 5 heteroatoms. The molecule has 152 valence electrons. The third kappa shape index (κ3) is 8.46. The quantitative estimate of drug-likeness (QED) is 0.387. The smallest absolute Gasteiger partial charge is 0.347 e. The first kappa shape index (κ1) is 23.0. The van der Waals surface area contributed by atoms with Crippen molar-refractivity contribution in [2.45, 2.75) is 72.8 Å². The number of hydrogen-bond acceptors (Lipinski definition) is 5. The standard InChI is InChI=1S/C22H34O5/c1-6-8-10-20(27-19-12-11-16(3)15-18(19)5)22(24)26-14-9-13-25-21(23)17(4)7-2/h11-12,15,17,20H,6-10,13-14H2,1-5H3. The van der Waals surface area contributed by atoms with E-state index in [1.54, 1.807) is 0 Å². The second-order valence-corrected chi connectivity index (χ2v) is 7.02. The van der Waals surface area contributed by atoms with Gasteiger partial charge < -0.3 is 14.2 Å². The first-order valence-corrected chi connectivity index (χ1v) is 9.96. The molecule has 2 unspecified atom stereocenters. The van der Waals surface area contributed by atoms with E-state index in [0.717, 1.165) is 30.4 Å². The minimum atomic E-state index is -0.617. The van der Waals surface area contributed by atoms with Gasteiger partial charge in [0, 0.05) is 6.42 Å². The minimum absolute atomic E-state index is 0.0999. The zero-order valence-corrected chi connectivity index (χ0v) is 17.4. The van der Waals surface area contributed by atoms with Gasteiger partial charge in [-0.05, 0) is 44.7 Å². The van der Waals surface area contributed by atoms with Crippen LogP contribution in [-0.2, 0) is 19.1 Å². The summed E-state index contributed by atoms with van der Waals surface area (Å²) < 4.78 is 16.5. The van der Waals surface area contributed by atoms with Crippen LogP contribution in [0.2, 0.25) is 0 Å². The fourth-order valence-electron chi connectivity index (χ4n) is 2.51. The normalized spacial score (nSPS) is 12.9. The fourth-order valence-corrected chi connectivity index (χ4v) is 2.51. The van der Waals surface area contributed by atoms with Crippen molar-refractivity contribution in [3.05, 3.63) is 29.3 Å². The predicted molar refractivity (Wildman–Crippen MR) is 106 cm³/mol. The van der Waals surface area contributed by atoms with Gasteiger partial charge in [0.2, 0.25) is 0 Å². The van der Waals surface area contributed by atoms with Crippen molar-refractivity contribution in [2.75, 3.05) is 13.2 Å². The summed E-state index contributed by atoms with van der Waals surface area (Å²) in [6.07, 6.45) is 3.10. The van der Waals surface area contributed by atoms with E-state index in [1.165, 1.54) is 0 Å². The highest BCUT2D eigenvalue weighted by molar-refractivity contribution is 5.75. The molecule has 0 radical (unpaired) electrons. The zero-order valence-electron chi connectivity index (χ0n) is 17.4. The molecule has 0 fully saturated rings. The maximum atomic E-state index is 12.4. The van der Waals surface area contributed by atoms with Crippen LogP contribution in [0.15, 0.2) is 18.2 Å². The highest BCUT2D eigenvalue weighted by Gasteiger charge is 2.22. The first-order valence-electron chi connectivity index (χ1n) is 9.96. The van der Waals surface area contributed by atoms with E-state index in [2.05, 4.69) is 6.92 Å². The maximum absolute atomic E-state index is 12.4. The Balaban J connectivity index is 2.49. The average molecular weight is 379 g/mol. The van der Waals surface area contributed by atoms with E-state index in [1.807, 2.05) is 45.9 Å². The van der Waals surface area contributed by atoms with Crippen molar-refractivity contribution in [3.8, 4) is 5.75 Å². The first-order chi connectivity index (χ1) is 12.9. The number of hydrogen-bond donors (Lipinski definition) is 0. The van der Waals surface area contributed by atoms with Gasteiger partial charge in [0.15, 0.2) is 6.10 Å². The molecular weight excluding hydrogens is 344 g/mol. The Morgan fingerprint density at radius 2 is 1.67 bits per heavy atom. The third-order valence-corrected chi connectivity index (χ3v) is 4.47. The van der Waals surface area contributed by atoms with Crippen LogP contribution < -0.4 is 4.74 Å². The fraction of sp³-hybridized carbons (Fsp3) is 0.636. The molecular formula is C22H34O5. The van der Waals surface area contributed by atoms with Crippen molar-refractivity contribution in [1.29, 1.82) is 0 Å². The third-order valence-electron chi connectivity index (χ3n) is 4.47. The van der Waals surface area contributed by atoms with Gasteiger partial charge in [-0.25, -0.2) is 4.79 Å². The number of carbonyl (C=O) groups is 2. The Morgan fingerprint density at radius 1 is 1.00 bits per heavy atom. The average Bonchev–Trinajstić information content (AvgIpc) is 2.65. The summed E-state index contributed by atoms with van der Waals surface area (Å²) in [6.45, 7) is 10.3. The molecule has 5 nitrogen and oxygen atoms in total. The Morgan fingerprint density at radius 3 is 2.26 bits per heavy atom. The number of benzene rings is 1. The Bertz CT molecular complexity index is 596. The van der Waals surface area contributed by atoms with E-state index in [4.69, 9.17) is 14.2 Å². The molecule has 0 aliphatic rings. The molecule has 0 saturated carbocycles. The van der Waals surface area contributed by atoms with Gasteiger partial charge in [0.25, 0.3) is 0 Å². The van der Waals surface area contributed by atoms with E-state index in [0.29, 0.717) is 18.6 Å². The largest absolute Gasteiger partial charge is 0.478 e. The van der Waals surface area contributed by atoms with Gasteiger partial charge in [-0.1, -0.05) is 44.9 Å². The van der Waals surface area contributed by atoms with E-state index in [-0.39, 0.29) is 31.1 Å². The number of ether oxygens (including phenoxy) is 3. The lowest BCUT2D eigenvalue weighted by atomic mass is 10.1. The highest BCUT2D eigenvalue weighted by Crippen LogP contribution is 2.22. The molecule has 0 amide bonds. The van der Waals surface area contributed by atoms with Crippen molar-refractivity contribution in [1.82, 2.24) is 0 Å². The molecule has 0 aliphatic heterocycles. The topological polar surface area (TPSA) is 61.8 Å². The minimum Gasteiger partial charge on any atom is -0.478 e. The summed E-state index contributed by atoms with van der Waals surface area (Å²) in [5.74, 6) is 0.0396. The second kappa shape index (κ2) is 12.4. The SMILES string of the molecule is CCCCC(Oc1ccc(C)cc1C)C(=O)OCCCOC(=O)C(C)CC. The van der Waals surface area contributed by atoms with Crippen molar-refractivity contribution < 1.29 is 23.8 Å². The number of aryl methyl sites for hydroxylation is 2. The molecule has 0 saturated heterocycles. The Labute approximate surface area is 163 Å². The highest BCUT2D eigenvalue weighted by atomic mass is 16.6. The number of esters is 2. The van der Waals surface area contributed by atoms with Crippen molar-refractivity contribution in [2.24, 2.45) is 5.92 Å². The second-order valence-electron chi connectivity index (χ2n) is 7.02. The molecule has 0 aliphatic carbocycles. The maximum Gasteiger partial charge on any atom is 0.347 e. The molecule has 0 spiro atoms. The number of rotatable bonds is 12. The Kier molecular flexibility index (Phi) is 10.5. The number of carbonyl (C=O) groups excluding carboxylic acids is 2. The predicted octanol–water partition coefficient (Wildman–Crippen LogP) is 4.76. The van der Waals surface area contributed by atoms with Gasteiger partial charge >= 0.3 is 11.9 Å². The van der Waals surface area contributed by atoms with Crippen LogP contribution in [0, 0.1) is 19.8 Å². The lowest BCUT2D eigenvalue weighted by Crippen LogP contribution is -2.30. The van der Waals surface area contributed by atoms with E-state index < -0.39 is 6.10 Å². The van der Waals surface area contributed by atoms with Gasteiger partial charge in [-0.15, -0.1) is 0 Å². The van der Waals surface area contributed by atoms with Gasteiger partial charge in [-0.2, -0.15) is 0 Å². The Hall–Kier alpha value is -2.04. The van der Waals surface area contributed by atoms with Crippen LogP contribution in [-0.4, -0.2) is 31.3 Å². The molecule has 0 heterocycles. The van der Waals surface area contributed by atoms with Gasteiger partial charge in [0.05, 0.1) is 19.1 Å². The summed E-state index contributed by atoms with van der Waals surface area (Å²) >= 11 is 0. The van der Waals surface area contributed by atoms with Crippen molar-refractivity contribution >= 4 is 11.9 Å². The van der Waals surface area contributed by atoms with E-state index in [9.17, 15) is 9.59 Å². The lowest BCUT2D eigenvalue weighted by Gasteiger charge is -2.19. The van der Waals surface area contributed by atoms with Crippen LogP contribution >= 0.6 is 0 Å². The molecule has 0 aromatic heterocycles. The lowest BCUT2D eigenvalue weighted by molar-refractivity contribution is -0.153. The van der Waals surface area contributed by atoms with Crippen molar-refractivity contribution in [3.63, 3.8) is 0 Å². The van der Waals surface area contributed by atoms with Gasteiger partial charge in [0.1, 0.15) is 5.75 Å². The molecule has 0 N–H and O–H groups in total. The molecule has 0 bridgehead atoms. The van der Waals surface area contributed by atoms with Gasteiger partial charge in [-0.3, -0.25) is 4.79 Å². The van der Waals surface area contributed by atoms with Crippen LogP contribution in [0.25, 0.3) is 0 Å². The zero-order chi connectivity index (χ0) is 20.2. The monoisotopic (exact) mass is 378 g/mol. The summed E-state index contributed by atoms with van der Waals surface area (Å²) in [6, 6.07) is 5.89. The van der Waals surface area contributed by atoms with E-state index >= 15 is 0 Å². The molecule has 1 aromatic rings. The number of unbranched alkanes of at least 4 members (excludes halogenated alkanes) is 1. The summed E-state index contributed by atoms with van der Waals surface area (Å²) in [4.78, 5) is 24.0. The summed E-state index contributed by atoms with van der Waals surface area (Å²) in [5, 5.41) is 0. The van der Waals surface area contributed by atoms with Crippen LogP contribution in [0.3, 0.4) is 0 Å². The molecule has 1 rings (SSSR count). The van der Waals surface area contributed by atoms with Crippen LogP contribution in [0.5, 0.6) is 5.75 Å². The summed E-state index contributed by atoms with van der Waals surface area (Å²) in [5.41, 5.74) is 2.15. The summed E-state index contributed by atoms with van der Waals surface area (Å²) in [7, 11) is 0. The molecule has 1 aromatic carbocycles. The molecule has 2 atom stereocenters.